The molecule has 4 heteroatoms. The SMILES string of the molecule is CC(C)(C)c1ccc2c(c1)c1cc(C(C)(C)C)ccc1n2-c1ccc2c(c1)OC1(c3ccccc3)Oc3cc(-n4c5ccc(C(C)(C)C)cc5c5cc(C(C)(C)C)ccc54)ccc3C21c1ccccc1. The van der Waals surface area contributed by atoms with Crippen LogP contribution in [0.15, 0.2) is 170 Å². The van der Waals surface area contributed by atoms with E-state index < -0.39 is 11.2 Å². The molecule has 4 heterocycles. The topological polar surface area (TPSA) is 28.3 Å². The summed E-state index contributed by atoms with van der Waals surface area (Å²) in [6.45, 7) is 27.5. The van der Waals surface area contributed by atoms with Crippen LogP contribution >= 0.6 is 0 Å². The van der Waals surface area contributed by atoms with Gasteiger partial charge in [0.25, 0.3) is 5.79 Å². The average molecular weight is 917 g/mol. The van der Waals surface area contributed by atoms with Crippen molar-refractivity contribution in [3.05, 3.63) is 214 Å². The van der Waals surface area contributed by atoms with Crippen molar-refractivity contribution in [2.45, 2.75) is 116 Å². The zero-order valence-electron chi connectivity index (χ0n) is 42.9. The molecule has 2 aromatic heterocycles. The van der Waals surface area contributed by atoms with E-state index in [0.29, 0.717) is 0 Å². The zero-order valence-corrected chi connectivity index (χ0v) is 42.9. The highest BCUT2D eigenvalue weighted by atomic mass is 16.7. The Balaban J connectivity index is 1.09. The lowest BCUT2D eigenvalue weighted by atomic mass is 9.64. The van der Waals surface area contributed by atoms with Crippen molar-refractivity contribution in [1.82, 2.24) is 9.13 Å². The molecule has 0 atom stereocenters. The Labute approximate surface area is 413 Å². The lowest BCUT2D eigenvalue weighted by Crippen LogP contribution is -2.50. The molecule has 0 unspecified atom stereocenters. The van der Waals surface area contributed by atoms with E-state index in [1.54, 1.807) is 0 Å². The van der Waals surface area contributed by atoms with Crippen LogP contribution in [0.5, 0.6) is 11.5 Å². The smallest absolute Gasteiger partial charge is 0.296 e. The van der Waals surface area contributed by atoms with Gasteiger partial charge in [-0.25, -0.2) is 0 Å². The predicted molar refractivity (Wildman–Crippen MR) is 292 cm³/mol. The molecule has 2 aliphatic rings. The third-order valence-electron chi connectivity index (χ3n) is 15.6. The Kier molecular flexibility index (Phi) is 9.31. The number of benzene rings is 8. The summed E-state index contributed by atoms with van der Waals surface area (Å²) < 4.78 is 20.2. The minimum Gasteiger partial charge on any atom is -0.446 e. The number of hydrogen-bond acceptors (Lipinski definition) is 2. The van der Waals surface area contributed by atoms with Gasteiger partial charge < -0.3 is 18.6 Å². The number of fused-ring (bicyclic) bond motifs is 11. The second-order valence-electron chi connectivity index (χ2n) is 24.3. The highest BCUT2D eigenvalue weighted by Gasteiger charge is 2.70. The van der Waals surface area contributed by atoms with Crippen LogP contribution in [0, 0.1) is 0 Å². The summed E-state index contributed by atoms with van der Waals surface area (Å²) in [4.78, 5) is 0. The lowest BCUT2D eigenvalue weighted by Gasteiger charge is -2.38. The first-order chi connectivity index (χ1) is 33.2. The van der Waals surface area contributed by atoms with Crippen molar-refractivity contribution in [1.29, 1.82) is 0 Å². The van der Waals surface area contributed by atoms with Gasteiger partial charge in [-0.2, -0.15) is 0 Å². The molecule has 0 radical (unpaired) electrons. The van der Waals surface area contributed by atoms with Gasteiger partial charge in [-0.3, -0.25) is 0 Å². The Morgan fingerprint density at radius 3 is 0.957 bits per heavy atom. The summed E-state index contributed by atoms with van der Waals surface area (Å²) in [7, 11) is 0. The van der Waals surface area contributed by atoms with Gasteiger partial charge in [0.1, 0.15) is 16.9 Å². The molecule has 0 fully saturated rings. The van der Waals surface area contributed by atoms with Crippen LogP contribution in [0.4, 0.5) is 0 Å². The zero-order chi connectivity index (χ0) is 48.9. The highest BCUT2D eigenvalue weighted by molar-refractivity contribution is 6.11. The standard InChI is InChI=1S/C66H64N2O2/c1-61(2,3)43-23-31-55-49(35-43)50-36-44(62(4,5)6)24-32-56(50)67(55)47-27-29-53-59(39-47)69-66(42-21-17-14-18-22-42)65(53,41-19-15-13-16-20-41)54-30-28-48(40-60(54)70-66)68-57-33-25-45(63(7,8)9)37-51(57)52-38-46(64(10,11)12)26-34-58(52)68/h13-40H,1-12H3. The molecule has 0 spiro atoms. The van der Waals surface area contributed by atoms with E-state index in [1.165, 1.54) is 65.9 Å². The molecule has 0 bridgehead atoms. The van der Waals surface area contributed by atoms with Crippen molar-refractivity contribution < 1.29 is 9.47 Å². The monoisotopic (exact) mass is 916 g/mol. The minimum atomic E-state index is -1.26. The summed E-state index contributed by atoms with van der Waals surface area (Å²) >= 11 is 0. The number of aromatic nitrogens is 2. The van der Waals surface area contributed by atoms with Crippen molar-refractivity contribution in [2.75, 3.05) is 0 Å². The Morgan fingerprint density at radius 2 is 0.643 bits per heavy atom. The number of hydrogen-bond donors (Lipinski definition) is 0. The maximum Gasteiger partial charge on any atom is 0.296 e. The molecule has 0 saturated heterocycles. The Bertz CT molecular complexity index is 3400. The normalized spacial score (nSPS) is 18.1. The van der Waals surface area contributed by atoms with E-state index in [-0.39, 0.29) is 21.7 Å². The van der Waals surface area contributed by atoms with Gasteiger partial charge in [0.15, 0.2) is 0 Å². The minimum absolute atomic E-state index is 0.00771. The molecule has 12 rings (SSSR count). The van der Waals surface area contributed by atoms with Gasteiger partial charge in [0.2, 0.25) is 0 Å². The molecule has 10 aromatic rings. The van der Waals surface area contributed by atoms with Crippen molar-refractivity contribution in [3.63, 3.8) is 0 Å². The second-order valence-corrected chi connectivity index (χ2v) is 24.3. The van der Waals surface area contributed by atoms with E-state index in [2.05, 4.69) is 262 Å². The number of ether oxygens (including phenoxy) is 2. The number of rotatable bonds is 4. The summed E-state index contributed by atoms with van der Waals surface area (Å²) in [5.41, 5.74) is 15.5. The molecule has 4 nitrogen and oxygen atoms in total. The van der Waals surface area contributed by atoms with E-state index >= 15 is 0 Å². The first kappa shape index (κ1) is 44.2. The van der Waals surface area contributed by atoms with Crippen LogP contribution < -0.4 is 9.47 Å². The summed E-state index contributed by atoms with van der Waals surface area (Å²) in [6, 6.07) is 63.3. The predicted octanol–water partition coefficient (Wildman–Crippen LogP) is 17.0. The van der Waals surface area contributed by atoms with Crippen LogP contribution in [-0.4, -0.2) is 9.13 Å². The molecule has 0 amide bonds. The fourth-order valence-electron chi connectivity index (χ4n) is 11.7. The van der Waals surface area contributed by atoms with Crippen molar-refractivity contribution in [3.8, 4) is 22.9 Å². The van der Waals surface area contributed by atoms with Gasteiger partial charge in [0, 0.05) is 61.7 Å². The largest absolute Gasteiger partial charge is 0.446 e. The molecule has 8 aromatic carbocycles. The number of nitrogens with zero attached hydrogens (tertiary/aromatic N) is 2. The summed E-state index contributed by atoms with van der Waals surface area (Å²) in [6.07, 6.45) is 0. The van der Waals surface area contributed by atoms with E-state index in [9.17, 15) is 0 Å². The maximum absolute atomic E-state index is 7.65. The van der Waals surface area contributed by atoms with Crippen LogP contribution in [-0.2, 0) is 32.9 Å². The average Bonchev–Trinajstić information content (AvgIpc) is 4.01. The molecule has 70 heavy (non-hydrogen) atoms. The van der Waals surface area contributed by atoms with Gasteiger partial charge in [-0.15, -0.1) is 0 Å². The van der Waals surface area contributed by atoms with Crippen LogP contribution in [0.1, 0.15) is 128 Å². The molecule has 0 aliphatic carbocycles. The van der Waals surface area contributed by atoms with E-state index in [4.69, 9.17) is 9.47 Å². The van der Waals surface area contributed by atoms with Gasteiger partial charge in [-0.05, 0) is 110 Å². The third-order valence-corrected chi connectivity index (χ3v) is 15.6. The van der Waals surface area contributed by atoms with Crippen LogP contribution in [0.2, 0.25) is 0 Å². The van der Waals surface area contributed by atoms with Crippen LogP contribution in [0.3, 0.4) is 0 Å². The van der Waals surface area contributed by atoms with E-state index in [1.807, 2.05) is 0 Å². The second kappa shape index (κ2) is 14.7. The van der Waals surface area contributed by atoms with Gasteiger partial charge in [0.05, 0.1) is 22.1 Å². The lowest BCUT2D eigenvalue weighted by molar-refractivity contribution is -0.119. The summed E-state index contributed by atoms with van der Waals surface area (Å²) in [5.74, 6) is 0.351. The molecule has 2 aliphatic heterocycles. The molecule has 350 valence electrons. The highest BCUT2D eigenvalue weighted by Crippen LogP contribution is 2.67. The molecule has 0 N–H and O–H groups in total. The Morgan fingerprint density at radius 1 is 0.329 bits per heavy atom. The first-order valence-corrected chi connectivity index (χ1v) is 25.2. The maximum atomic E-state index is 7.65. The van der Waals surface area contributed by atoms with Crippen LogP contribution in [0.25, 0.3) is 55.0 Å². The van der Waals surface area contributed by atoms with Crippen molar-refractivity contribution >= 4 is 43.6 Å². The molecular formula is C66H64N2O2. The summed E-state index contributed by atoms with van der Waals surface area (Å²) in [5, 5.41) is 5.03. The fourth-order valence-corrected chi connectivity index (χ4v) is 11.7. The quantitative estimate of drug-likeness (QED) is 0.176. The van der Waals surface area contributed by atoms with Gasteiger partial charge in [-0.1, -0.05) is 180 Å². The van der Waals surface area contributed by atoms with E-state index in [0.717, 1.165) is 45.1 Å². The fraction of sp³-hybridized carbons (Fsp3) is 0.273. The van der Waals surface area contributed by atoms with Gasteiger partial charge >= 0.3 is 0 Å². The molecular weight excluding hydrogens is 853 g/mol. The molecule has 0 saturated carbocycles. The van der Waals surface area contributed by atoms with Crippen molar-refractivity contribution in [2.24, 2.45) is 0 Å². The first-order valence-electron chi connectivity index (χ1n) is 25.2. The third kappa shape index (κ3) is 6.34. The Hall–Kier alpha value is -7.04.